The lowest BCUT2D eigenvalue weighted by Gasteiger charge is -1.99. The van der Waals surface area contributed by atoms with E-state index in [1.165, 1.54) is 6.07 Å². The minimum atomic E-state index is -0.932. The second-order valence-electron chi connectivity index (χ2n) is 2.44. The fraction of sp³-hybridized carbons (Fsp3) is 0.100. The number of aldehydes is 1. The van der Waals surface area contributed by atoms with Crippen LogP contribution in [0.25, 0.3) is 0 Å². The van der Waals surface area contributed by atoms with Gasteiger partial charge in [-0.15, -0.1) is 0 Å². The molecule has 0 atom stereocenters. The highest BCUT2D eigenvalue weighted by molar-refractivity contribution is 5.89. The average Bonchev–Trinajstić information content (AvgIpc) is 2.27. The molecule has 0 N–H and O–H groups in total. The predicted octanol–water partition coefficient (Wildman–Crippen LogP) is 0.558. The largest absolute Gasteiger partial charge is 0.465 e. The number of carbonyl (C=O) groups is 2. The quantitative estimate of drug-likeness (QED) is 0.292. The van der Waals surface area contributed by atoms with Crippen LogP contribution in [0.1, 0.15) is 15.9 Å². The van der Waals surface area contributed by atoms with Gasteiger partial charge < -0.3 is 4.74 Å². The monoisotopic (exact) mass is 207 g/mol. The molecule has 0 amide bonds. The summed E-state index contributed by atoms with van der Waals surface area (Å²) in [4.78, 5) is 24.3. The van der Waals surface area contributed by atoms with E-state index in [2.05, 4.69) is 21.6 Å². The summed E-state index contributed by atoms with van der Waals surface area (Å²) < 4.78 is 17.3. The number of hydrogen-bond donors (Lipinski definition) is 0. The number of methoxy groups -OCH3 is 1. The zero-order valence-corrected chi connectivity index (χ0v) is 7.78. The lowest BCUT2D eigenvalue weighted by molar-refractivity contribution is -0.103. The molecule has 0 aromatic carbocycles. The van der Waals surface area contributed by atoms with Crippen LogP contribution in [0.2, 0.25) is 0 Å². The van der Waals surface area contributed by atoms with Crippen LogP contribution in [-0.4, -0.2) is 24.3 Å². The van der Waals surface area contributed by atoms with E-state index in [0.717, 1.165) is 13.3 Å². The van der Waals surface area contributed by atoms with E-state index in [0.29, 0.717) is 6.29 Å². The molecule has 0 fully saturated rings. The molecular weight excluding hydrogens is 201 g/mol. The summed E-state index contributed by atoms with van der Waals surface area (Å²) in [6.45, 7) is 0. The van der Waals surface area contributed by atoms with E-state index in [-0.39, 0.29) is 11.1 Å². The molecule has 15 heavy (non-hydrogen) atoms. The Kier molecular flexibility index (Phi) is 3.52. The summed E-state index contributed by atoms with van der Waals surface area (Å²) in [7, 11) is 1.13. The zero-order valence-electron chi connectivity index (χ0n) is 7.78. The molecule has 0 aliphatic carbocycles. The first-order valence-electron chi connectivity index (χ1n) is 3.88. The van der Waals surface area contributed by atoms with Crippen LogP contribution in [0.5, 0.6) is 0 Å². The maximum absolute atomic E-state index is 13.0. The third kappa shape index (κ3) is 2.61. The van der Waals surface area contributed by atoms with Crippen molar-refractivity contribution in [3.05, 3.63) is 29.3 Å². The molecule has 1 aromatic heterocycles. The molecule has 5 heteroatoms. The van der Waals surface area contributed by atoms with Gasteiger partial charge in [0, 0.05) is 11.8 Å². The number of carbonyl (C=O) groups excluding carboxylic acids is 2. The maximum atomic E-state index is 13.0. The van der Waals surface area contributed by atoms with Crippen LogP contribution in [-0.2, 0) is 9.53 Å². The first-order chi connectivity index (χ1) is 7.19. The molecule has 76 valence electrons. The van der Waals surface area contributed by atoms with Crippen molar-refractivity contribution >= 4 is 12.3 Å². The van der Waals surface area contributed by atoms with Crippen LogP contribution in [0.3, 0.4) is 0 Å². The second kappa shape index (κ2) is 4.86. The second-order valence-corrected chi connectivity index (χ2v) is 2.44. The zero-order chi connectivity index (χ0) is 11.3. The van der Waals surface area contributed by atoms with Gasteiger partial charge in [0.1, 0.15) is 5.56 Å². The lowest BCUT2D eigenvalue weighted by Crippen LogP contribution is -2.06. The van der Waals surface area contributed by atoms with Gasteiger partial charge in [0.2, 0.25) is 5.95 Å². The molecule has 4 nitrogen and oxygen atoms in total. The third-order valence-corrected chi connectivity index (χ3v) is 1.52. The number of halogens is 1. The van der Waals surface area contributed by atoms with Crippen molar-refractivity contribution < 1.29 is 18.7 Å². The van der Waals surface area contributed by atoms with E-state index in [1.807, 2.05) is 0 Å². The van der Waals surface area contributed by atoms with Crippen LogP contribution in [0.15, 0.2) is 12.3 Å². The smallest absolute Gasteiger partial charge is 0.342 e. The minimum absolute atomic E-state index is 0.268. The highest BCUT2D eigenvalue weighted by Crippen LogP contribution is 2.07. The molecule has 0 radical (unpaired) electrons. The predicted molar refractivity (Wildman–Crippen MR) is 48.5 cm³/mol. The van der Waals surface area contributed by atoms with Crippen LogP contribution in [0.4, 0.5) is 4.39 Å². The Morgan fingerprint density at radius 3 is 3.00 bits per heavy atom. The Morgan fingerprint density at radius 1 is 1.67 bits per heavy atom. The van der Waals surface area contributed by atoms with E-state index < -0.39 is 11.9 Å². The van der Waals surface area contributed by atoms with Gasteiger partial charge in [-0.3, -0.25) is 4.79 Å². The molecule has 1 heterocycles. The van der Waals surface area contributed by atoms with Gasteiger partial charge in [-0.25, -0.2) is 9.78 Å². The SMILES string of the molecule is COC(=O)c1cc(C#CC=O)cnc1F. The molecule has 1 rings (SSSR count). The van der Waals surface area contributed by atoms with Gasteiger partial charge in [-0.2, -0.15) is 4.39 Å². The molecule has 0 aliphatic rings. The summed E-state index contributed by atoms with van der Waals surface area (Å²) in [6.07, 6.45) is 1.51. The summed E-state index contributed by atoms with van der Waals surface area (Å²) in [6, 6.07) is 1.17. The number of aromatic nitrogens is 1. The number of pyridine rings is 1. The van der Waals surface area contributed by atoms with Gasteiger partial charge in [0.25, 0.3) is 0 Å². The Bertz CT molecular complexity index is 459. The Hall–Kier alpha value is -2.22. The maximum Gasteiger partial charge on any atom is 0.342 e. The van der Waals surface area contributed by atoms with Crippen molar-refractivity contribution in [1.82, 2.24) is 4.98 Å². The normalized spacial score (nSPS) is 8.67. The first-order valence-corrected chi connectivity index (χ1v) is 3.88. The number of esters is 1. The third-order valence-electron chi connectivity index (χ3n) is 1.52. The molecule has 1 aromatic rings. The van der Waals surface area contributed by atoms with Crippen molar-refractivity contribution in [3.8, 4) is 11.8 Å². The van der Waals surface area contributed by atoms with Crippen molar-refractivity contribution in [3.63, 3.8) is 0 Å². The van der Waals surface area contributed by atoms with E-state index in [1.54, 1.807) is 0 Å². The van der Waals surface area contributed by atoms with Crippen molar-refractivity contribution in [1.29, 1.82) is 0 Å². The molecule has 0 spiro atoms. The van der Waals surface area contributed by atoms with Crippen LogP contribution < -0.4 is 0 Å². The molecule has 0 saturated carbocycles. The molecule has 0 aliphatic heterocycles. The van der Waals surface area contributed by atoms with Crippen molar-refractivity contribution in [2.75, 3.05) is 7.11 Å². The summed E-state index contributed by atoms with van der Waals surface area (Å²) in [5, 5.41) is 0. The number of nitrogens with zero attached hydrogens (tertiary/aromatic N) is 1. The minimum Gasteiger partial charge on any atom is -0.465 e. The molecule has 0 unspecified atom stereocenters. The Labute approximate surface area is 85.1 Å². The number of rotatable bonds is 1. The van der Waals surface area contributed by atoms with E-state index in [9.17, 15) is 14.0 Å². The Balaban J connectivity index is 3.16. The highest BCUT2D eigenvalue weighted by Gasteiger charge is 2.13. The van der Waals surface area contributed by atoms with Gasteiger partial charge in [-0.05, 0) is 12.0 Å². The van der Waals surface area contributed by atoms with E-state index in [4.69, 9.17) is 0 Å². The summed E-state index contributed by atoms with van der Waals surface area (Å²) >= 11 is 0. The summed E-state index contributed by atoms with van der Waals surface area (Å²) in [5.74, 6) is 2.74. The Morgan fingerprint density at radius 2 is 2.40 bits per heavy atom. The first kappa shape index (κ1) is 10.9. The van der Waals surface area contributed by atoms with Gasteiger partial charge in [0.05, 0.1) is 7.11 Å². The van der Waals surface area contributed by atoms with Crippen molar-refractivity contribution in [2.45, 2.75) is 0 Å². The fourth-order valence-corrected chi connectivity index (χ4v) is 0.882. The number of hydrogen-bond acceptors (Lipinski definition) is 4. The molecule has 0 saturated heterocycles. The van der Waals surface area contributed by atoms with Crippen LogP contribution in [0, 0.1) is 17.8 Å². The summed E-state index contributed by atoms with van der Waals surface area (Å²) in [5.41, 5.74) is -0.0425. The average molecular weight is 207 g/mol. The highest BCUT2D eigenvalue weighted by atomic mass is 19.1. The molecular formula is C10H6FNO3. The topological polar surface area (TPSA) is 56.3 Å². The van der Waals surface area contributed by atoms with Gasteiger partial charge in [-0.1, -0.05) is 5.92 Å². The number of ether oxygens (including phenoxy) is 1. The van der Waals surface area contributed by atoms with Crippen molar-refractivity contribution in [2.24, 2.45) is 0 Å². The standard InChI is InChI=1S/C10H6FNO3/c1-15-10(14)8-5-7(3-2-4-13)6-12-9(8)11/h4-6H,1H3. The lowest BCUT2D eigenvalue weighted by atomic mass is 10.2. The fourth-order valence-electron chi connectivity index (χ4n) is 0.882. The van der Waals surface area contributed by atoms with E-state index >= 15 is 0 Å². The van der Waals surface area contributed by atoms with Gasteiger partial charge in [0.15, 0.2) is 6.29 Å². The van der Waals surface area contributed by atoms with Gasteiger partial charge >= 0.3 is 5.97 Å². The molecule has 0 bridgehead atoms. The van der Waals surface area contributed by atoms with Crippen LogP contribution >= 0.6 is 0 Å².